The van der Waals surface area contributed by atoms with Gasteiger partial charge >= 0.3 is 0 Å². The molecule has 0 bridgehead atoms. The molecule has 0 N–H and O–H groups in total. The lowest BCUT2D eigenvalue weighted by Gasteiger charge is -2.18. The summed E-state index contributed by atoms with van der Waals surface area (Å²) >= 11 is 0. The summed E-state index contributed by atoms with van der Waals surface area (Å²) in [6.45, 7) is 0. The van der Waals surface area contributed by atoms with E-state index in [9.17, 15) is 9.59 Å². The van der Waals surface area contributed by atoms with Crippen LogP contribution in [0.2, 0.25) is 0 Å². The Morgan fingerprint density at radius 3 is 2.43 bits per heavy atom. The first-order valence-electron chi connectivity index (χ1n) is 4.02. The Morgan fingerprint density at radius 1 is 1.21 bits per heavy atom. The van der Waals surface area contributed by atoms with E-state index in [1.807, 2.05) is 0 Å². The van der Waals surface area contributed by atoms with Gasteiger partial charge < -0.3 is 9.80 Å². The number of hydrogen-bond donors (Lipinski definition) is 0. The van der Waals surface area contributed by atoms with E-state index in [4.69, 9.17) is 0 Å². The summed E-state index contributed by atoms with van der Waals surface area (Å²) in [7, 11) is 3.18. The van der Waals surface area contributed by atoms with Crippen molar-refractivity contribution in [1.82, 2.24) is 4.98 Å². The van der Waals surface area contributed by atoms with E-state index >= 15 is 0 Å². The standard InChI is InChI=1S/C9H11N3O2/c1-11(6-13)8-4-3-5-10-9(8)12(2)7-14/h3-7H,1-2H3. The highest BCUT2D eigenvalue weighted by Gasteiger charge is 2.10. The summed E-state index contributed by atoms with van der Waals surface area (Å²) in [4.78, 5) is 27.8. The molecule has 0 aromatic carbocycles. The fourth-order valence-corrected chi connectivity index (χ4v) is 1.04. The predicted octanol–water partition coefficient (Wildman–Crippen LogP) is 0.267. The lowest BCUT2D eigenvalue weighted by Crippen LogP contribution is -2.22. The van der Waals surface area contributed by atoms with Crippen LogP contribution in [-0.4, -0.2) is 31.9 Å². The van der Waals surface area contributed by atoms with E-state index in [1.54, 1.807) is 32.4 Å². The second-order valence-electron chi connectivity index (χ2n) is 2.78. The molecule has 5 heteroatoms. The molecular formula is C9H11N3O2. The first-order valence-corrected chi connectivity index (χ1v) is 4.02. The Morgan fingerprint density at radius 2 is 1.86 bits per heavy atom. The molecule has 0 aliphatic carbocycles. The van der Waals surface area contributed by atoms with E-state index in [0.29, 0.717) is 24.3 Å². The van der Waals surface area contributed by atoms with Crippen molar-refractivity contribution in [3.63, 3.8) is 0 Å². The van der Waals surface area contributed by atoms with Crippen LogP contribution in [0.4, 0.5) is 11.5 Å². The number of carbonyl (C=O) groups is 2. The molecule has 14 heavy (non-hydrogen) atoms. The zero-order valence-electron chi connectivity index (χ0n) is 8.04. The highest BCUT2D eigenvalue weighted by Crippen LogP contribution is 2.22. The Hall–Kier alpha value is -1.91. The summed E-state index contributed by atoms with van der Waals surface area (Å²) in [5, 5.41) is 0. The van der Waals surface area contributed by atoms with Crippen molar-refractivity contribution in [2.75, 3.05) is 23.9 Å². The topological polar surface area (TPSA) is 53.5 Å². The minimum absolute atomic E-state index is 0.456. The van der Waals surface area contributed by atoms with Crippen molar-refractivity contribution in [2.24, 2.45) is 0 Å². The zero-order chi connectivity index (χ0) is 10.6. The quantitative estimate of drug-likeness (QED) is 0.645. The molecule has 5 nitrogen and oxygen atoms in total. The molecule has 0 fully saturated rings. The molecular weight excluding hydrogens is 182 g/mol. The van der Waals surface area contributed by atoms with Crippen LogP contribution in [0, 0.1) is 0 Å². The van der Waals surface area contributed by atoms with Crippen LogP contribution in [0.1, 0.15) is 0 Å². The summed E-state index contributed by atoms with van der Waals surface area (Å²) in [5.74, 6) is 0.456. The fourth-order valence-electron chi connectivity index (χ4n) is 1.04. The highest BCUT2D eigenvalue weighted by atomic mass is 16.1. The van der Waals surface area contributed by atoms with E-state index in [0.717, 1.165) is 0 Å². The van der Waals surface area contributed by atoms with Gasteiger partial charge in [-0.3, -0.25) is 9.59 Å². The molecule has 1 aromatic heterocycles. The van der Waals surface area contributed by atoms with Crippen molar-refractivity contribution >= 4 is 24.3 Å². The molecule has 0 atom stereocenters. The van der Waals surface area contributed by atoms with Gasteiger partial charge in [0.25, 0.3) is 0 Å². The van der Waals surface area contributed by atoms with Crippen LogP contribution in [0.3, 0.4) is 0 Å². The lowest BCUT2D eigenvalue weighted by molar-refractivity contribution is -0.108. The largest absolute Gasteiger partial charge is 0.315 e. The molecule has 1 heterocycles. The average Bonchev–Trinajstić information content (AvgIpc) is 2.27. The second-order valence-corrected chi connectivity index (χ2v) is 2.78. The SMILES string of the molecule is CN(C=O)c1cccnc1N(C)C=O. The van der Waals surface area contributed by atoms with Crippen LogP contribution in [0.5, 0.6) is 0 Å². The molecule has 2 amide bonds. The van der Waals surface area contributed by atoms with Gasteiger partial charge in [-0.1, -0.05) is 0 Å². The molecule has 0 aliphatic rings. The Labute approximate surface area is 82.0 Å². The summed E-state index contributed by atoms with van der Waals surface area (Å²) in [6.07, 6.45) is 2.88. The van der Waals surface area contributed by atoms with Crippen molar-refractivity contribution in [3.8, 4) is 0 Å². The normalized spacial score (nSPS) is 9.29. The monoisotopic (exact) mass is 193 g/mol. The molecule has 0 saturated heterocycles. The maximum absolute atomic E-state index is 10.6. The van der Waals surface area contributed by atoms with Gasteiger partial charge in [0, 0.05) is 20.3 Å². The minimum atomic E-state index is 0.456. The molecule has 0 spiro atoms. The summed E-state index contributed by atoms with van der Waals surface area (Å²) in [6, 6.07) is 3.42. The predicted molar refractivity (Wildman–Crippen MR) is 53.2 cm³/mol. The van der Waals surface area contributed by atoms with Crippen molar-refractivity contribution < 1.29 is 9.59 Å². The van der Waals surface area contributed by atoms with Gasteiger partial charge in [0.2, 0.25) is 12.8 Å². The van der Waals surface area contributed by atoms with Gasteiger partial charge in [-0.2, -0.15) is 0 Å². The van der Waals surface area contributed by atoms with Gasteiger partial charge in [0.15, 0.2) is 5.82 Å². The molecule has 0 radical (unpaired) electrons. The van der Waals surface area contributed by atoms with Crippen LogP contribution in [-0.2, 0) is 9.59 Å². The van der Waals surface area contributed by atoms with Crippen LogP contribution in [0.15, 0.2) is 18.3 Å². The third kappa shape index (κ3) is 1.87. The van der Waals surface area contributed by atoms with Crippen LogP contribution in [0.25, 0.3) is 0 Å². The zero-order valence-corrected chi connectivity index (χ0v) is 8.04. The van der Waals surface area contributed by atoms with Crippen molar-refractivity contribution in [2.45, 2.75) is 0 Å². The number of carbonyl (C=O) groups excluding carboxylic acids is 2. The number of anilines is 2. The smallest absolute Gasteiger partial charge is 0.215 e. The minimum Gasteiger partial charge on any atom is -0.315 e. The lowest BCUT2D eigenvalue weighted by atomic mass is 10.3. The van der Waals surface area contributed by atoms with E-state index in [2.05, 4.69) is 4.98 Å². The number of aromatic nitrogens is 1. The molecule has 74 valence electrons. The Bertz CT molecular complexity index is 308. The number of rotatable bonds is 4. The van der Waals surface area contributed by atoms with Gasteiger partial charge in [-0.05, 0) is 12.1 Å². The van der Waals surface area contributed by atoms with Gasteiger partial charge in [0.1, 0.15) is 0 Å². The summed E-state index contributed by atoms with van der Waals surface area (Å²) in [5.41, 5.74) is 0.595. The summed E-state index contributed by atoms with van der Waals surface area (Å²) < 4.78 is 0. The number of nitrogens with zero attached hydrogens (tertiary/aromatic N) is 3. The number of hydrogen-bond acceptors (Lipinski definition) is 3. The first-order chi connectivity index (χ1) is 6.70. The van der Waals surface area contributed by atoms with E-state index in [1.165, 1.54) is 9.80 Å². The number of amides is 2. The number of pyridine rings is 1. The van der Waals surface area contributed by atoms with Crippen molar-refractivity contribution in [1.29, 1.82) is 0 Å². The highest BCUT2D eigenvalue weighted by molar-refractivity contribution is 5.86. The first kappa shape index (κ1) is 10.2. The third-order valence-electron chi connectivity index (χ3n) is 1.80. The van der Waals surface area contributed by atoms with Gasteiger partial charge in [-0.25, -0.2) is 4.98 Å². The molecule has 1 aromatic rings. The van der Waals surface area contributed by atoms with Crippen molar-refractivity contribution in [3.05, 3.63) is 18.3 Å². The maximum Gasteiger partial charge on any atom is 0.215 e. The van der Waals surface area contributed by atoms with Gasteiger partial charge in [0.05, 0.1) is 5.69 Å². The molecule has 0 aliphatic heterocycles. The fraction of sp³-hybridized carbons (Fsp3) is 0.222. The molecule has 1 rings (SSSR count). The Kier molecular flexibility index (Phi) is 3.17. The second kappa shape index (κ2) is 4.36. The van der Waals surface area contributed by atoms with Gasteiger partial charge in [-0.15, -0.1) is 0 Å². The average molecular weight is 193 g/mol. The maximum atomic E-state index is 10.6. The molecule has 0 saturated carbocycles. The Balaban J connectivity index is 3.14. The van der Waals surface area contributed by atoms with E-state index in [-0.39, 0.29) is 0 Å². The van der Waals surface area contributed by atoms with Crippen LogP contribution >= 0.6 is 0 Å². The van der Waals surface area contributed by atoms with E-state index < -0.39 is 0 Å². The third-order valence-corrected chi connectivity index (χ3v) is 1.80. The molecule has 0 unspecified atom stereocenters. The van der Waals surface area contributed by atoms with Crippen LogP contribution < -0.4 is 9.80 Å².